The molecule has 17 heavy (non-hydrogen) atoms. The van der Waals surface area contributed by atoms with Gasteiger partial charge in [-0.15, -0.1) is 0 Å². The van der Waals surface area contributed by atoms with Crippen molar-refractivity contribution in [3.05, 3.63) is 29.3 Å². The summed E-state index contributed by atoms with van der Waals surface area (Å²) >= 11 is 0. The Labute approximate surface area is 97.4 Å². The summed E-state index contributed by atoms with van der Waals surface area (Å²) in [7, 11) is 0. The van der Waals surface area contributed by atoms with Crippen molar-refractivity contribution in [1.29, 1.82) is 5.26 Å². The normalized spacial score (nSPS) is 30.0. The first-order valence-corrected chi connectivity index (χ1v) is 5.51. The van der Waals surface area contributed by atoms with E-state index in [4.69, 9.17) is 11.0 Å². The minimum Gasteiger partial charge on any atom is -0.370 e. The summed E-state index contributed by atoms with van der Waals surface area (Å²) < 4.78 is 26.6. The van der Waals surface area contributed by atoms with Crippen molar-refractivity contribution in [2.75, 3.05) is 18.0 Å². The van der Waals surface area contributed by atoms with Crippen molar-refractivity contribution in [2.45, 2.75) is 6.04 Å². The monoisotopic (exact) mass is 235 g/mol. The molecule has 0 radical (unpaired) electrons. The van der Waals surface area contributed by atoms with Crippen LogP contribution in [0.4, 0.5) is 14.5 Å². The van der Waals surface area contributed by atoms with E-state index in [0.29, 0.717) is 30.6 Å². The van der Waals surface area contributed by atoms with Crippen LogP contribution in [0, 0.1) is 34.8 Å². The predicted molar refractivity (Wildman–Crippen MR) is 58.2 cm³/mol. The molecular formula is C12H11F2N3. The molecule has 2 fully saturated rings. The highest BCUT2D eigenvalue weighted by atomic mass is 19.1. The number of fused-ring (bicyclic) bond motifs is 1. The summed E-state index contributed by atoms with van der Waals surface area (Å²) in [6.07, 6.45) is 0. The second-order valence-electron chi connectivity index (χ2n) is 4.70. The molecule has 1 aliphatic carbocycles. The van der Waals surface area contributed by atoms with Crippen LogP contribution < -0.4 is 10.6 Å². The zero-order chi connectivity index (χ0) is 12.2. The molecule has 1 aliphatic heterocycles. The van der Waals surface area contributed by atoms with Gasteiger partial charge in [-0.25, -0.2) is 8.78 Å². The van der Waals surface area contributed by atoms with Gasteiger partial charge in [0.15, 0.2) is 0 Å². The van der Waals surface area contributed by atoms with Crippen LogP contribution in [0.1, 0.15) is 5.56 Å². The van der Waals surface area contributed by atoms with Crippen LogP contribution in [-0.2, 0) is 0 Å². The highest BCUT2D eigenvalue weighted by Gasteiger charge is 2.53. The molecule has 2 unspecified atom stereocenters. The van der Waals surface area contributed by atoms with Crippen LogP contribution in [0.25, 0.3) is 0 Å². The van der Waals surface area contributed by atoms with Crippen LogP contribution >= 0.6 is 0 Å². The number of piperidine rings is 1. The molecule has 0 amide bonds. The molecule has 3 rings (SSSR count). The first-order chi connectivity index (χ1) is 8.11. The maximum atomic E-state index is 13.4. The van der Waals surface area contributed by atoms with Gasteiger partial charge in [-0.05, 0) is 17.9 Å². The fourth-order valence-electron chi connectivity index (χ4n) is 2.69. The van der Waals surface area contributed by atoms with E-state index in [1.165, 1.54) is 6.07 Å². The molecule has 1 saturated heterocycles. The van der Waals surface area contributed by atoms with E-state index < -0.39 is 11.6 Å². The van der Waals surface area contributed by atoms with Crippen molar-refractivity contribution < 1.29 is 8.78 Å². The number of nitriles is 1. The molecule has 2 atom stereocenters. The van der Waals surface area contributed by atoms with Gasteiger partial charge >= 0.3 is 0 Å². The molecule has 3 nitrogen and oxygen atoms in total. The molecule has 1 aromatic rings. The van der Waals surface area contributed by atoms with Crippen molar-refractivity contribution in [1.82, 2.24) is 0 Å². The minimum atomic E-state index is -0.799. The maximum absolute atomic E-state index is 13.4. The number of nitrogens with zero attached hydrogens (tertiary/aromatic N) is 2. The Balaban J connectivity index is 1.96. The highest BCUT2D eigenvalue weighted by molar-refractivity contribution is 5.61. The first kappa shape index (κ1) is 10.5. The quantitative estimate of drug-likeness (QED) is 0.796. The smallest absolute Gasteiger partial charge is 0.145 e. The third kappa shape index (κ3) is 1.48. The van der Waals surface area contributed by atoms with E-state index in [0.717, 1.165) is 6.07 Å². The average Bonchev–Trinajstić information content (AvgIpc) is 2.75. The second kappa shape index (κ2) is 3.41. The Morgan fingerprint density at radius 3 is 2.53 bits per heavy atom. The Bertz CT molecular complexity index is 511. The predicted octanol–water partition coefficient (Wildman–Crippen LogP) is 1.23. The van der Waals surface area contributed by atoms with E-state index in [1.54, 1.807) is 6.07 Å². The van der Waals surface area contributed by atoms with Gasteiger partial charge in [-0.2, -0.15) is 5.26 Å². The molecule has 5 heteroatoms. The van der Waals surface area contributed by atoms with Crippen molar-refractivity contribution in [3.63, 3.8) is 0 Å². The average molecular weight is 235 g/mol. The van der Waals surface area contributed by atoms with Gasteiger partial charge in [0.1, 0.15) is 23.3 Å². The lowest BCUT2D eigenvalue weighted by atomic mass is 10.1. The molecule has 88 valence electrons. The lowest BCUT2D eigenvalue weighted by Gasteiger charge is -2.22. The molecular weight excluding hydrogens is 224 g/mol. The van der Waals surface area contributed by atoms with Gasteiger partial charge in [0, 0.05) is 25.2 Å². The highest BCUT2D eigenvalue weighted by Crippen LogP contribution is 2.46. The van der Waals surface area contributed by atoms with Crippen LogP contribution in [-0.4, -0.2) is 19.1 Å². The minimum absolute atomic E-state index is 0.0822. The molecule has 0 bridgehead atoms. The van der Waals surface area contributed by atoms with Crippen LogP contribution in [0.5, 0.6) is 0 Å². The van der Waals surface area contributed by atoms with Crippen LogP contribution in [0.2, 0.25) is 0 Å². The number of anilines is 1. The van der Waals surface area contributed by atoms with E-state index in [-0.39, 0.29) is 11.6 Å². The van der Waals surface area contributed by atoms with Gasteiger partial charge in [-0.3, -0.25) is 0 Å². The van der Waals surface area contributed by atoms with Crippen LogP contribution in [0.3, 0.4) is 0 Å². The van der Waals surface area contributed by atoms with Crippen molar-refractivity contribution in [3.8, 4) is 6.07 Å². The number of rotatable bonds is 1. The summed E-state index contributed by atoms with van der Waals surface area (Å²) in [6.45, 7) is 1.37. The zero-order valence-electron chi connectivity index (χ0n) is 9.03. The molecule has 1 aromatic carbocycles. The molecule has 1 heterocycles. The second-order valence-corrected chi connectivity index (χ2v) is 4.70. The van der Waals surface area contributed by atoms with Crippen LogP contribution in [0.15, 0.2) is 12.1 Å². The summed E-state index contributed by atoms with van der Waals surface area (Å²) in [5.41, 5.74) is 6.07. The zero-order valence-corrected chi connectivity index (χ0v) is 9.03. The SMILES string of the molecule is N#Cc1c(F)cc(F)cc1N1CC2C(N)C2C1. The fourth-order valence-corrected chi connectivity index (χ4v) is 2.69. The molecule has 0 aromatic heterocycles. The summed E-state index contributed by atoms with van der Waals surface area (Å²) in [5, 5.41) is 8.92. The number of hydrogen-bond donors (Lipinski definition) is 1. The third-order valence-corrected chi connectivity index (χ3v) is 3.75. The van der Waals surface area contributed by atoms with E-state index in [1.807, 2.05) is 4.90 Å². The number of benzene rings is 1. The van der Waals surface area contributed by atoms with E-state index in [9.17, 15) is 8.78 Å². The van der Waals surface area contributed by atoms with Crippen molar-refractivity contribution >= 4 is 5.69 Å². The number of halogens is 2. The summed E-state index contributed by atoms with van der Waals surface area (Å²) in [6, 6.07) is 3.97. The molecule has 0 spiro atoms. The fraction of sp³-hybridized carbons (Fsp3) is 0.417. The standard InChI is InChI=1S/C12H11F2N3/c13-6-1-10(14)7(3-15)11(2-6)17-4-8-9(5-17)12(8)16/h1-2,8-9,12H,4-5,16H2. The third-order valence-electron chi connectivity index (χ3n) is 3.75. The van der Waals surface area contributed by atoms with Gasteiger partial charge in [0.05, 0.1) is 5.69 Å². The number of nitrogens with two attached hydrogens (primary N) is 1. The van der Waals surface area contributed by atoms with Gasteiger partial charge < -0.3 is 10.6 Å². The lowest BCUT2D eigenvalue weighted by molar-refractivity contribution is 0.579. The van der Waals surface area contributed by atoms with Crippen molar-refractivity contribution in [2.24, 2.45) is 17.6 Å². The first-order valence-electron chi connectivity index (χ1n) is 5.51. The molecule has 2 aliphatic rings. The van der Waals surface area contributed by atoms with Gasteiger partial charge in [0.2, 0.25) is 0 Å². The Morgan fingerprint density at radius 2 is 1.94 bits per heavy atom. The molecule has 2 N–H and O–H groups in total. The van der Waals surface area contributed by atoms with E-state index >= 15 is 0 Å². The Morgan fingerprint density at radius 1 is 1.29 bits per heavy atom. The topological polar surface area (TPSA) is 53.0 Å². The maximum Gasteiger partial charge on any atom is 0.145 e. The largest absolute Gasteiger partial charge is 0.370 e. The van der Waals surface area contributed by atoms with E-state index in [2.05, 4.69) is 0 Å². The van der Waals surface area contributed by atoms with Gasteiger partial charge in [-0.1, -0.05) is 0 Å². The summed E-state index contributed by atoms with van der Waals surface area (Å²) in [5.74, 6) is -0.630. The number of hydrogen-bond acceptors (Lipinski definition) is 3. The molecule has 1 saturated carbocycles. The summed E-state index contributed by atoms with van der Waals surface area (Å²) in [4.78, 5) is 1.85. The Kier molecular flexibility index (Phi) is 2.10. The van der Waals surface area contributed by atoms with Gasteiger partial charge in [0.25, 0.3) is 0 Å². The lowest BCUT2D eigenvalue weighted by Crippen LogP contribution is -2.28. The Hall–Kier alpha value is -1.67.